The fourth-order valence-electron chi connectivity index (χ4n) is 3.26. The zero-order valence-corrected chi connectivity index (χ0v) is 15.3. The van der Waals surface area contributed by atoms with Gasteiger partial charge in [0.25, 0.3) is 5.91 Å². The summed E-state index contributed by atoms with van der Waals surface area (Å²) in [6.45, 7) is 4.38. The van der Waals surface area contributed by atoms with Crippen LogP contribution in [0.2, 0.25) is 5.02 Å². The van der Waals surface area contributed by atoms with E-state index >= 15 is 0 Å². The Balaban J connectivity index is 1.90. The fourth-order valence-corrected chi connectivity index (χ4v) is 3.49. The van der Waals surface area contributed by atoms with Gasteiger partial charge in [-0.1, -0.05) is 41.4 Å². The highest BCUT2D eigenvalue weighted by molar-refractivity contribution is 6.33. The van der Waals surface area contributed by atoms with Crippen molar-refractivity contribution in [2.45, 2.75) is 6.92 Å². The number of halogens is 1. The minimum absolute atomic E-state index is 0.0135. The van der Waals surface area contributed by atoms with Crippen LogP contribution in [0.1, 0.15) is 15.9 Å². The molecule has 0 bridgehead atoms. The summed E-state index contributed by atoms with van der Waals surface area (Å²) < 4.78 is 5.38. The van der Waals surface area contributed by atoms with Gasteiger partial charge in [0, 0.05) is 29.1 Å². The largest absolute Gasteiger partial charge is 0.378 e. The maximum atomic E-state index is 13.2. The molecular formula is C21H19ClN2O2. The number of carbonyl (C=O) groups excluding carboxylic acids is 1. The van der Waals surface area contributed by atoms with Crippen LogP contribution in [0, 0.1) is 6.92 Å². The second kappa shape index (κ2) is 7.06. The number of aryl methyl sites for hydroxylation is 1. The molecule has 0 atom stereocenters. The lowest BCUT2D eigenvalue weighted by molar-refractivity contribution is 0.0304. The number of hydrogen-bond donors (Lipinski definition) is 0. The first-order valence-corrected chi connectivity index (χ1v) is 9.04. The third-order valence-corrected chi connectivity index (χ3v) is 4.97. The number of aromatic nitrogens is 1. The molecule has 4 nitrogen and oxygen atoms in total. The molecule has 2 aromatic carbocycles. The smallest absolute Gasteiger partial charge is 0.254 e. The number of carbonyl (C=O) groups is 1. The predicted molar refractivity (Wildman–Crippen MR) is 104 cm³/mol. The quantitative estimate of drug-likeness (QED) is 0.677. The molecule has 1 fully saturated rings. The number of pyridine rings is 1. The van der Waals surface area contributed by atoms with E-state index in [-0.39, 0.29) is 5.91 Å². The van der Waals surface area contributed by atoms with Gasteiger partial charge in [-0.25, -0.2) is 4.98 Å². The van der Waals surface area contributed by atoms with Crippen LogP contribution in [-0.4, -0.2) is 42.1 Å². The topological polar surface area (TPSA) is 42.4 Å². The van der Waals surface area contributed by atoms with Crippen molar-refractivity contribution in [3.05, 3.63) is 64.7 Å². The van der Waals surface area contributed by atoms with Gasteiger partial charge in [0.05, 0.1) is 30.0 Å². The van der Waals surface area contributed by atoms with E-state index in [1.54, 1.807) is 0 Å². The number of hydrogen-bond acceptors (Lipinski definition) is 3. The van der Waals surface area contributed by atoms with Gasteiger partial charge >= 0.3 is 0 Å². The molecule has 1 amide bonds. The summed E-state index contributed by atoms with van der Waals surface area (Å²) in [6, 6.07) is 15.4. The molecule has 0 N–H and O–H groups in total. The number of nitrogens with zero attached hydrogens (tertiary/aromatic N) is 2. The maximum Gasteiger partial charge on any atom is 0.254 e. The summed E-state index contributed by atoms with van der Waals surface area (Å²) in [5, 5.41) is 1.49. The molecule has 3 aromatic rings. The molecule has 5 heteroatoms. The normalized spacial score (nSPS) is 14.6. The van der Waals surface area contributed by atoms with Gasteiger partial charge in [-0.3, -0.25) is 4.79 Å². The van der Waals surface area contributed by atoms with Crippen LogP contribution >= 0.6 is 11.6 Å². The molecule has 0 spiro atoms. The summed E-state index contributed by atoms with van der Waals surface area (Å²) in [7, 11) is 0. The van der Waals surface area contributed by atoms with Gasteiger partial charge in [-0.2, -0.15) is 0 Å². The van der Waals surface area contributed by atoms with E-state index in [0.29, 0.717) is 42.6 Å². The van der Waals surface area contributed by atoms with Crippen molar-refractivity contribution in [3.8, 4) is 11.3 Å². The monoisotopic (exact) mass is 366 g/mol. The average molecular weight is 367 g/mol. The van der Waals surface area contributed by atoms with Gasteiger partial charge in [0.1, 0.15) is 0 Å². The molecule has 26 heavy (non-hydrogen) atoms. The molecule has 0 saturated carbocycles. The Hall–Kier alpha value is -2.43. The number of benzene rings is 2. The Morgan fingerprint density at radius 3 is 2.65 bits per heavy atom. The second-order valence-corrected chi connectivity index (χ2v) is 6.87. The van der Waals surface area contributed by atoms with Crippen molar-refractivity contribution in [2.75, 3.05) is 26.3 Å². The molecule has 0 unspecified atom stereocenters. The fraction of sp³-hybridized carbons (Fsp3) is 0.238. The third kappa shape index (κ3) is 3.18. The summed E-state index contributed by atoms with van der Waals surface area (Å²) in [5.74, 6) is 0.0135. The average Bonchev–Trinajstić information content (AvgIpc) is 2.68. The van der Waals surface area contributed by atoms with E-state index in [9.17, 15) is 4.79 Å². The van der Waals surface area contributed by atoms with E-state index in [1.807, 2.05) is 60.4 Å². The van der Waals surface area contributed by atoms with Crippen LogP contribution in [-0.2, 0) is 4.74 Å². The number of rotatable bonds is 2. The number of amides is 1. The van der Waals surface area contributed by atoms with E-state index in [4.69, 9.17) is 21.3 Å². The number of fused-ring (bicyclic) bond motifs is 1. The van der Waals surface area contributed by atoms with Gasteiger partial charge < -0.3 is 9.64 Å². The SMILES string of the molecule is Cc1ccc2nc(-c3ccccc3Cl)cc(C(=O)N3CCOCC3)c2c1. The predicted octanol–water partition coefficient (Wildman–Crippen LogP) is 4.34. The Morgan fingerprint density at radius 1 is 1.12 bits per heavy atom. The van der Waals surface area contributed by atoms with Gasteiger partial charge in [-0.15, -0.1) is 0 Å². The standard InChI is InChI=1S/C21H19ClN2O2/c1-14-6-7-19-16(12-14)17(21(25)24-8-10-26-11-9-24)13-20(23-19)15-4-2-3-5-18(15)22/h2-7,12-13H,8-11H2,1H3. The first-order chi connectivity index (χ1) is 12.6. The molecule has 0 aliphatic carbocycles. The molecule has 1 saturated heterocycles. The van der Waals surface area contributed by atoms with E-state index in [2.05, 4.69) is 0 Å². The zero-order chi connectivity index (χ0) is 18.1. The molecular weight excluding hydrogens is 348 g/mol. The third-order valence-electron chi connectivity index (χ3n) is 4.64. The Bertz CT molecular complexity index is 981. The Labute approximate surface area is 157 Å². The lowest BCUT2D eigenvalue weighted by Gasteiger charge is -2.27. The summed E-state index contributed by atoms with van der Waals surface area (Å²) >= 11 is 6.36. The van der Waals surface area contributed by atoms with Crippen molar-refractivity contribution < 1.29 is 9.53 Å². The molecule has 0 radical (unpaired) electrons. The Kier molecular flexibility index (Phi) is 4.62. The van der Waals surface area contributed by atoms with Gasteiger partial charge in [0.2, 0.25) is 0 Å². The minimum Gasteiger partial charge on any atom is -0.378 e. The highest BCUT2D eigenvalue weighted by Crippen LogP contribution is 2.30. The highest BCUT2D eigenvalue weighted by atomic mass is 35.5. The van der Waals surface area contributed by atoms with Crippen molar-refractivity contribution in [1.82, 2.24) is 9.88 Å². The van der Waals surface area contributed by atoms with Crippen LogP contribution in [0.4, 0.5) is 0 Å². The van der Waals surface area contributed by atoms with Crippen LogP contribution < -0.4 is 0 Å². The lowest BCUT2D eigenvalue weighted by atomic mass is 10.0. The van der Waals surface area contributed by atoms with E-state index in [1.165, 1.54) is 0 Å². The minimum atomic E-state index is 0.0135. The molecule has 2 heterocycles. The summed E-state index contributed by atoms with van der Waals surface area (Å²) in [6.07, 6.45) is 0. The van der Waals surface area contributed by atoms with Gasteiger partial charge in [0.15, 0.2) is 0 Å². The first kappa shape index (κ1) is 17.0. The molecule has 1 aliphatic rings. The van der Waals surface area contributed by atoms with Crippen molar-refractivity contribution >= 4 is 28.4 Å². The van der Waals surface area contributed by atoms with Crippen LogP contribution in [0.25, 0.3) is 22.2 Å². The first-order valence-electron chi connectivity index (χ1n) is 8.67. The molecule has 1 aromatic heterocycles. The zero-order valence-electron chi connectivity index (χ0n) is 14.5. The van der Waals surface area contributed by atoms with Crippen LogP contribution in [0.15, 0.2) is 48.5 Å². The lowest BCUT2D eigenvalue weighted by Crippen LogP contribution is -2.40. The Morgan fingerprint density at radius 2 is 1.88 bits per heavy atom. The second-order valence-electron chi connectivity index (χ2n) is 6.46. The van der Waals surface area contributed by atoms with Crippen molar-refractivity contribution in [1.29, 1.82) is 0 Å². The van der Waals surface area contributed by atoms with Crippen LogP contribution in [0.3, 0.4) is 0 Å². The summed E-state index contributed by atoms with van der Waals surface area (Å²) in [4.78, 5) is 19.8. The van der Waals surface area contributed by atoms with Gasteiger partial charge in [-0.05, 0) is 31.2 Å². The molecule has 1 aliphatic heterocycles. The summed E-state index contributed by atoms with van der Waals surface area (Å²) in [5.41, 5.74) is 4.09. The van der Waals surface area contributed by atoms with E-state index < -0.39 is 0 Å². The number of morpholine rings is 1. The van der Waals surface area contributed by atoms with Crippen molar-refractivity contribution in [2.24, 2.45) is 0 Å². The van der Waals surface area contributed by atoms with Crippen LogP contribution in [0.5, 0.6) is 0 Å². The molecule has 4 rings (SSSR count). The number of ether oxygens (including phenoxy) is 1. The van der Waals surface area contributed by atoms with E-state index in [0.717, 1.165) is 22.0 Å². The van der Waals surface area contributed by atoms with Crippen molar-refractivity contribution in [3.63, 3.8) is 0 Å². The highest BCUT2D eigenvalue weighted by Gasteiger charge is 2.22. The maximum absolute atomic E-state index is 13.2. The molecule has 132 valence electrons.